The summed E-state index contributed by atoms with van der Waals surface area (Å²) in [5.41, 5.74) is 7.71. The highest BCUT2D eigenvalue weighted by molar-refractivity contribution is 9.10. The van der Waals surface area contributed by atoms with Gasteiger partial charge in [0.1, 0.15) is 5.75 Å². The van der Waals surface area contributed by atoms with Crippen LogP contribution in [-0.4, -0.2) is 8.32 Å². The molecule has 2 N–H and O–H groups in total. The number of benzene rings is 1. The Morgan fingerprint density at radius 2 is 1.76 bits per heavy atom. The molecule has 96 valence electrons. The Morgan fingerprint density at radius 3 is 2.24 bits per heavy atom. The maximum atomic E-state index is 6.27. The number of anilines is 1. The van der Waals surface area contributed by atoms with E-state index in [0.717, 1.165) is 21.5 Å². The molecule has 0 fully saturated rings. The van der Waals surface area contributed by atoms with Crippen molar-refractivity contribution in [3.05, 3.63) is 22.2 Å². The molecule has 0 amide bonds. The number of nitrogens with two attached hydrogens (primary N) is 1. The lowest BCUT2D eigenvalue weighted by molar-refractivity contribution is 0.489. The smallest absolute Gasteiger partial charge is 0.250 e. The molecule has 0 aliphatic rings. The number of aryl methyl sites for hydroxylation is 1. The standard InChI is InChI=1S/C13H22BrNOSi/c1-9-7-12(10(14)8-11(9)15)16-17(5,6)13(2,3)4/h7-8H,15H2,1-6H3. The Kier molecular flexibility index (Phi) is 3.99. The molecule has 0 heterocycles. The van der Waals surface area contributed by atoms with Gasteiger partial charge < -0.3 is 10.2 Å². The van der Waals surface area contributed by atoms with Crippen molar-refractivity contribution < 1.29 is 4.43 Å². The number of hydrogen-bond donors (Lipinski definition) is 1. The SMILES string of the molecule is Cc1cc(O[Si](C)(C)C(C)(C)C)c(Br)cc1N. The van der Waals surface area contributed by atoms with Crippen LogP contribution in [-0.2, 0) is 0 Å². The summed E-state index contributed by atoms with van der Waals surface area (Å²) in [6.07, 6.45) is 0. The van der Waals surface area contributed by atoms with E-state index in [1.165, 1.54) is 0 Å². The number of nitrogen functional groups attached to an aromatic ring is 1. The number of rotatable bonds is 2. The Balaban J connectivity index is 3.08. The van der Waals surface area contributed by atoms with Gasteiger partial charge >= 0.3 is 0 Å². The summed E-state index contributed by atoms with van der Waals surface area (Å²) < 4.78 is 7.20. The number of halogens is 1. The third-order valence-electron chi connectivity index (χ3n) is 3.49. The summed E-state index contributed by atoms with van der Waals surface area (Å²) in [5.74, 6) is 0.906. The molecule has 0 saturated heterocycles. The molecule has 0 bridgehead atoms. The van der Waals surface area contributed by atoms with Crippen LogP contribution < -0.4 is 10.2 Å². The highest BCUT2D eigenvalue weighted by atomic mass is 79.9. The minimum Gasteiger partial charge on any atom is -0.543 e. The summed E-state index contributed by atoms with van der Waals surface area (Å²) in [6.45, 7) is 13.2. The molecule has 0 aliphatic heterocycles. The van der Waals surface area contributed by atoms with Crippen LogP contribution in [0.15, 0.2) is 16.6 Å². The van der Waals surface area contributed by atoms with E-state index in [-0.39, 0.29) is 5.04 Å². The van der Waals surface area contributed by atoms with Crippen LogP contribution in [0.2, 0.25) is 18.1 Å². The first-order valence-corrected chi connectivity index (χ1v) is 9.49. The van der Waals surface area contributed by atoms with Gasteiger partial charge in [-0.25, -0.2) is 0 Å². The van der Waals surface area contributed by atoms with Gasteiger partial charge in [-0.05, 0) is 58.7 Å². The fraction of sp³-hybridized carbons (Fsp3) is 0.538. The van der Waals surface area contributed by atoms with E-state index >= 15 is 0 Å². The van der Waals surface area contributed by atoms with Crippen LogP contribution in [0.5, 0.6) is 5.75 Å². The summed E-state index contributed by atoms with van der Waals surface area (Å²) in [4.78, 5) is 0. The molecule has 1 aromatic rings. The summed E-state index contributed by atoms with van der Waals surface area (Å²) in [7, 11) is -1.79. The normalized spacial score (nSPS) is 12.6. The lowest BCUT2D eigenvalue weighted by Crippen LogP contribution is -2.43. The average Bonchev–Trinajstić information content (AvgIpc) is 2.12. The Labute approximate surface area is 114 Å². The molecule has 0 spiro atoms. The maximum absolute atomic E-state index is 6.27. The lowest BCUT2D eigenvalue weighted by atomic mass is 10.2. The van der Waals surface area contributed by atoms with E-state index in [9.17, 15) is 0 Å². The molecular formula is C13H22BrNOSi. The van der Waals surface area contributed by atoms with E-state index in [1.807, 2.05) is 19.1 Å². The first-order chi connectivity index (χ1) is 7.54. The third kappa shape index (κ3) is 3.25. The molecule has 0 aliphatic carbocycles. The van der Waals surface area contributed by atoms with Crippen molar-refractivity contribution >= 4 is 29.9 Å². The summed E-state index contributed by atoms with van der Waals surface area (Å²) in [5, 5.41) is 0.196. The van der Waals surface area contributed by atoms with E-state index in [0.29, 0.717) is 0 Å². The molecule has 1 rings (SSSR count). The quantitative estimate of drug-likeness (QED) is 0.633. The van der Waals surface area contributed by atoms with Crippen LogP contribution in [0, 0.1) is 6.92 Å². The second kappa shape index (κ2) is 4.65. The van der Waals surface area contributed by atoms with Gasteiger partial charge in [0.15, 0.2) is 0 Å². The maximum Gasteiger partial charge on any atom is 0.250 e. The topological polar surface area (TPSA) is 35.2 Å². The molecule has 0 radical (unpaired) electrons. The van der Waals surface area contributed by atoms with Gasteiger partial charge in [0, 0.05) is 5.69 Å². The van der Waals surface area contributed by atoms with Crippen molar-refractivity contribution in [2.24, 2.45) is 0 Å². The van der Waals surface area contributed by atoms with Crippen molar-refractivity contribution in [3.8, 4) is 5.75 Å². The number of hydrogen-bond acceptors (Lipinski definition) is 2. The van der Waals surface area contributed by atoms with Gasteiger partial charge in [-0.15, -0.1) is 0 Å². The zero-order chi connectivity index (χ0) is 13.4. The van der Waals surface area contributed by atoms with Gasteiger partial charge in [-0.2, -0.15) is 0 Å². The van der Waals surface area contributed by atoms with Crippen LogP contribution in [0.4, 0.5) is 5.69 Å². The Hall–Kier alpha value is -0.483. The molecule has 4 heteroatoms. The minimum atomic E-state index is -1.79. The Morgan fingerprint density at radius 1 is 1.24 bits per heavy atom. The van der Waals surface area contributed by atoms with Gasteiger partial charge in [0.25, 0.3) is 8.32 Å². The molecule has 0 saturated carbocycles. The van der Waals surface area contributed by atoms with E-state index in [1.54, 1.807) is 0 Å². The predicted octanol–water partition coefficient (Wildman–Crippen LogP) is 4.72. The van der Waals surface area contributed by atoms with E-state index in [2.05, 4.69) is 49.8 Å². The molecule has 17 heavy (non-hydrogen) atoms. The summed E-state index contributed by atoms with van der Waals surface area (Å²) in [6, 6.07) is 3.93. The molecule has 0 aromatic heterocycles. The first kappa shape index (κ1) is 14.6. The first-order valence-electron chi connectivity index (χ1n) is 5.79. The summed E-state index contributed by atoms with van der Waals surface area (Å²) >= 11 is 3.52. The van der Waals surface area contributed by atoms with Crippen LogP contribution in [0.1, 0.15) is 26.3 Å². The predicted molar refractivity (Wildman–Crippen MR) is 81.1 cm³/mol. The molecule has 1 aromatic carbocycles. The molecular weight excluding hydrogens is 294 g/mol. The minimum absolute atomic E-state index is 0.196. The monoisotopic (exact) mass is 315 g/mol. The highest BCUT2D eigenvalue weighted by Gasteiger charge is 2.39. The second-order valence-electron chi connectivity index (χ2n) is 6.00. The zero-order valence-corrected chi connectivity index (χ0v) is 14.1. The van der Waals surface area contributed by atoms with Crippen LogP contribution in [0.3, 0.4) is 0 Å². The fourth-order valence-electron chi connectivity index (χ4n) is 1.18. The van der Waals surface area contributed by atoms with Gasteiger partial charge in [-0.1, -0.05) is 20.8 Å². The second-order valence-corrected chi connectivity index (χ2v) is 11.6. The molecule has 0 unspecified atom stereocenters. The lowest BCUT2D eigenvalue weighted by Gasteiger charge is -2.36. The average molecular weight is 316 g/mol. The fourth-order valence-corrected chi connectivity index (χ4v) is 2.79. The highest BCUT2D eigenvalue weighted by Crippen LogP contribution is 2.40. The van der Waals surface area contributed by atoms with E-state index in [4.69, 9.17) is 10.2 Å². The van der Waals surface area contributed by atoms with Gasteiger partial charge in [0.2, 0.25) is 0 Å². The van der Waals surface area contributed by atoms with Crippen LogP contribution in [0.25, 0.3) is 0 Å². The van der Waals surface area contributed by atoms with Crippen molar-refractivity contribution in [1.82, 2.24) is 0 Å². The molecule has 2 nitrogen and oxygen atoms in total. The third-order valence-corrected chi connectivity index (χ3v) is 8.45. The van der Waals surface area contributed by atoms with Crippen molar-refractivity contribution in [1.29, 1.82) is 0 Å². The van der Waals surface area contributed by atoms with Crippen LogP contribution >= 0.6 is 15.9 Å². The zero-order valence-electron chi connectivity index (χ0n) is 11.5. The van der Waals surface area contributed by atoms with Gasteiger partial charge in [-0.3, -0.25) is 0 Å². The van der Waals surface area contributed by atoms with Gasteiger partial charge in [0.05, 0.1) is 4.47 Å². The largest absolute Gasteiger partial charge is 0.543 e. The van der Waals surface area contributed by atoms with Crippen molar-refractivity contribution in [3.63, 3.8) is 0 Å². The van der Waals surface area contributed by atoms with E-state index < -0.39 is 8.32 Å². The molecule has 0 atom stereocenters. The van der Waals surface area contributed by atoms with Crippen molar-refractivity contribution in [2.75, 3.05) is 5.73 Å². The van der Waals surface area contributed by atoms with Crippen molar-refractivity contribution in [2.45, 2.75) is 45.8 Å². The Bertz CT molecular complexity index is 424.